The quantitative estimate of drug-likeness (QED) is 0.415. The van der Waals surface area contributed by atoms with Gasteiger partial charge >= 0.3 is 0 Å². The minimum atomic E-state index is -4.12. The average Bonchev–Trinajstić information content (AvgIpc) is 2.68. The molecule has 2 atom stereocenters. The molecule has 0 spiro atoms. The van der Waals surface area contributed by atoms with Crippen LogP contribution in [0.3, 0.4) is 0 Å². The Balaban J connectivity index is 2.56. The fraction of sp³-hybridized carbons (Fsp3) is 0.333. The van der Waals surface area contributed by atoms with Crippen LogP contribution in [0.1, 0.15) is 19.4 Å². The Morgan fingerprint density at radius 3 is 2.50 bits per heavy atom. The van der Waals surface area contributed by atoms with Crippen molar-refractivity contribution in [1.29, 1.82) is 0 Å². The molecule has 2 aromatic rings. The highest BCUT2D eigenvalue weighted by Gasteiger charge is 2.39. The second-order valence-electron chi connectivity index (χ2n) is 5.99. The highest BCUT2D eigenvalue weighted by molar-refractivity contribution is 8.00. The lowest BCUT2D eigenvalue weighted by molar-refractivity contribution is -0.133. The van der Waals surface area contributed by atoms with Crippen molar-refractivity contribution in [3.63, 3.8) is 0 Å². The van der Waals surface area contributed by atoms with E-state index in [9.17, 15) is 23.5 Å². The van der Waals surface area contributed by atoms with Crippen molar-refractivity contribution in [2.75, 3.05) is 5.75 Å². The number of thioether (sulfide) groups is 1. The van der Waals surface area contributed by atoms with Crippen LogP contribution >= 0.6 is 11.8 Å². The largest absolute Gasteiger partial charge is 0.508 e. The summed E-state index contributed by atoms with van der Waals surface area (Å²) in [4.78, 5) is 16.4. The van der Waals surface area contributed by atoms with E-state index < -0.39 is 27.2 Å². The number of hydroxylamine groups is 1. The molecular formula is C18H23N3O5S2. The highest BCUT2D eigenvalue weighted by Crippen LogP contribution is 2.28. The fourth-order valence-corrected chi connectivity index (χ4v) is 5.46. The normalized spacial score (nSPS) is 13.9. The number of carbonyl (C=O) groups excluding carboxylic acids is 1. The first-order valence-corrected chi connectivity index (χ1v) is 11.1. The van der Waals surface area contributed by atoms with Crippen LogP contribution in [0.4, 0.5) is 0 Å². The molecule has 1 amide bonds. The molecule has 2 rings (SSSR count). The van der Waals surface area contributed by atoms with E-state index in [2.05, 4.69) is 4.98 Å². The second kappa shape index (κ2) is 9.87. The number of nitrogens with zero attached hydrogens (tertiary/aromatic N) is 2. The predicted octanol–water partition coefficient (Wildman–Crippen LogP) is 1.99. The number of rotatable bonds is 9. The summed E-state index contributed by atoms with van der Waals surface area (Å²) < 4.78 is 27.8. The molecule has 28 heavy (non-hydrogen) atoms. The molecule has 8 nitrogen and oxygen atoms in total. The molecule has 0 radical (unpaired) electrons. The number of phenols is 1. The number of phenolic OH excluding ortho intramolecular Hbond substituents is 1. The van der Waals surface area contributed by atoms with Crippen molar-refractivity contribution >= 4 is 27.7 Å². The first kappa shape index (κ1) is 22.2. The van der Waals surface area contributed by atoms with E-state index in [0.717, 1.165) is 4.31 Å². The van der Waals surface area contributed by atoms with Crippen LogP contribution in [0.5, 0.6) is 5.75 Å². The molecule has 152 valence electrons. The maximum absolute atomic E-state index is 13.4. The molecule has 1 aromatic heterocycles. The topological polar surface area (TPSA) is 120 Å². The number of aromatic hydroxyl groups is 1. The summed E-state index contributed by atoms with van der Waals surface area (Å²) in [6, 6.07) is 7.29. The minimum absolute atomic E-state index is 0.0707. The summed E-state index contributed by atoms with van der Waals surface area (Å²) in [5.74, 6) is -0.229. The predicted molar refractivity (Wildman–Crippen MR) is 106 cm³/mol. The van der Waals surface area contributed by atoms with Crippen LogP contribution in [0.15, 0.2) is 53.7 Å². The van der Waals surface area contributed by atoms with Crippen molar-refractivity contribution in [2.45, 2.75) is 36.6 Å². The number of benzene rings is 1. The molecule has 1 unspecified atom stereocenters. The summed E-state index contributed by atoms with van der Waals surface area (Å²) in [5.41, 5.74) is 2.18. The number of amides is 1. The lowest BCUT2D eigenvalue weighted by atomic mass is 10.2. The zero-order valence-corrected chi connectivity index (χ0v) is 17.2. The smallest absolute Gasteiger partial charge is 0.262 e. The van der Waals surface area contributed by atoms with E-state index in [0.29, 0.717) is 11.3 Å². The molecule has 0 aliphatic carbocycles. The first-order chi connectivity index (χ1) is 13.3. The lowest BCUT2D eigenvalue weighted by Gasteiger charge is -2.33. The van der Waals surface area contributed by atoms with Gasteiger partial charge in [0.25, 0.3) is 5.91 Å². The third-order valence-electron chi connectivity index (χ3n) is 4.07. The third-order valence-corrected chi connectivity index (χ3v) is 7.03. The van der Waals surface area contributed by atoms with Crippen LogP contribution < -0.4 is 5.48 Å². The van der Waals surface area contributed by atoms with Gasteiger partial charge in [-0.3, -0.25) is 15.0 Å². The minimum Gasteiger partial charge on any atom is -0.508 e. The van der Waals surface area contributed by atoms with Crippen molar-refractivity contribution in [1.82, 2.24) is 14.8 Å². The van der Waals surface area contributed by atoms with E-state index in [1.807, 2.05) is 6.92 Å². The summed E-state index contributed by atoms with van der Waals surface area (Å²) in [7, 11) is -4.12. The monoisotopic (exact) mass is 425 g/mol. The summed E-state index contributed by atoms with van der Waals surface area (Å²) >= 11 is 1.40. The Bertz CT molecular complexity index is 876. The van der Waals surface area contributed by atoms with Gasteiger partial charge in [0.2, 0.25) is 10.0 Å². The SMILES string of the molecule is CCSC(C)[C@H](C(=O)NO)N(Cc1cccnc1)S(=O)(=O)c1ccc(O)cc1. The van der Waals surface area contributed by atoms with E-state index >= 15 is 0 Å². The molecule has 0 bridgehead atoms. The first-order valence-electron chi connectivity index (χ1n) is 8.56. The molecule has 0 saturated carbocycles. The number of hydrogen-bond donors (Lipinski definition) is 3. The summed E-state index contributed by atoms with van der Waals surface area (Å²) in [6.45, 7) is 3.52. The zero-order valence-electron chi connectivity index (χ0n) is 15.5. The van der Waals surface area contributed by atoms with Crippen molar-refractivity contribution in [3.05, 3.63) is 54.4 Å². The van der Waals surface area contributed by atoms with Gasteiger partial charge in [-0.05, 0) is 41.6 Å². The maximum Gasteiger partial charge on any atom is 0.262 e. The van der Waals surface area contributed by atoms with Gasteiger partial charge in [-0.25, -0.2) is 13.9 Å². The zero-order chi connectivity index (χ0) is 20.7. The van der Waals surface area contributed by atoms with Gasteiger partial charge in [-0.15, -0.1) is 0 Å². The second-order valence-corrected chi connectivity index (χ2v) is 9.53. The van der Waals surface area contributed by atoms with E-state index in [4.69, 9.17) is 0 Å². The van der Waals surface area contributed by atoms with Crippen molar-refractivity contribution < 1.29 is 23.5 Å². The van der Waals surface area contributed by atoms with Crippen LogP contribution in [0.2, 0.25) is 0 Å². The molecule has 1 aromatic carbocycles. The van der Waals surface area contributed by atoms with Crippen molar-refractivity contribution in [2.24, 2.45) is 0 Å². The van der Waals surface area contributed by atoms with Gasteiger partial charge < -0.3 is 5.11 Å². The molecule has 0 aliphatic heterocycles. The number of aromatic nitrogens is 1. The van der Waals surface area contributed by atoms with Crippen molar-refractivity contribution in [3.8, 4) is 5.75 Å². The Morgan fingerprint density at radius 2 is 1.96 bits per heavy atom. The van der Waals surface area contributed by atoms with Gasteiger partial charge in [-0.1, -0.05) is 19.9 Å². The Kier molecular flexibility index (Phi) is 7.81. The number of nitrogens with one attached hydrogen (secondary N) is 1. The standard InChI is InChI=1S/C18H23N3O5S2/c1-3-27-13(2)17(18(23)20-24)21(12-14-5-4-10-19-11-14)28(25,26)16-8-6-15(22)7-9-16/h4-11,13,17,22,24H,3,12H2,1-2H3,(H,20,23)/t13?,17-/m1/s1. The average molecular weight is 426 g/mol. The highest BCUT2D eigenvalue weighted by atomic mass is 32.2. The van der Waals surface area contributed by atoms with Crippen LogP contribution in [0, 0.1) is 0 Å². The number of sulfonamides is 1. The fourth-order valence-electron chi connectivity index (χ4n) is 2.76. The molecule has 1 heterocycles. The van der Waals surface area contributed by atoms with Crippen LogP contribution in [0.25, 0.3) is 0 Å². The van der Waals surface area contributed by atoms with E-state index in [1.165, 1.54) is 42.2 Å². The number of carbonyl (C=O) groups is 1. The molecule has 0 aliphatic rings. The third kappa shape index (κ3) is 5.22. The molecule has 0 saturated heterocycles. The van der Waals surface area contributed by atoms with Gasteiger partial charge in [0.05, 0.1) is 4.90 Å². The molecule has 3 N–H and O–H groups in total. The Labute approximate surface area is 168 Å². The van der Waals surface area contributed by atoms with Crippen LogP contribution in [-0.2, 0) is 21.4 Å². The Morgan fingerprint density at radius 1 is 1.29 bits per heavy atom. The van der Waals surface area contributed by atoms with Gasteiger partial charge in [0.15, 0.2) is 0 Å². The number of hydrogen-bond acceptors (Lipinski definition) is 7. The Hall–Kier alpha value is -2.14. The maximum atomic E-state index is 13.4. The van der Waals surface area contributed by atoms with Gasteiger partial charge in [0, 0.05) is 24.2 Å². The van der Waals surface area contributed by atoms with Gasteiger partial charge in [0.1, 0.15) is 11.8 Å². The van der Waals surface area contributed by atoms with Gasteiger partial charge in [-0.2, -0.15) is 16.1 Å². The summed E-state index contributed by atoms with van der Waals surface area (Å²) in [5, 5.41) is 18.3. The molecule has 10 heteroatoms. The van der Waals surface area contributed by atoms with E-state index in [1.54, 1.807) is 30.7 Å². The lowest BCUT2D eigenvalue weighted by Crippen LogP contribution is -2.53. The number of pyridine rings is 1. The summed E-state index contributed by atoms with van der Waals surface area (Å²) in [6.07, 6.45) is 3.08. The van der Waals surface area contributed by atoms with E-state index in [-0.39, 0.29) is 17.2 Å². The van der Waals surface area contributed by atoms with Crippen LogP contribution in [-0.4, -0.2) is 51.0 Å². The molecular weight excluding hydrogens is 402 g/mol. The molecule has 0 fully saturated rings.